The van der Waals surface area contributed by atoms with Gasteiger partial charge in [0.25, 0.3) is 0 Å². The van der Waals surface area contributed by atoms with Crippen LogP contribution in [-0.2, 0) is 4.79 Å². The van der Waals surface area contributed by atoms with Crippen LogP contribution in [0.5, 0.6) is 0 Å². The summed E-state index contributed by atoms with van der Waals surface area (Å²) in [6.45, 7) is 0.377. The first-order valence-electron chi connectivity index (χ1n) is 5.87. The Morgan fingerprint density at radius 1 is 1.33 bits per heavy atom. The van der Waals surface area contributed by atoms with Gasteiger partial charge in [0.15, 0.2) is 0 Å². The third kappa shape index (κ3) is 1.70. The molecule has 94 valence electrons. The standard InChI is InChI=1S/C12H14N4O2/c13-6-12(3-4-12)10(17)14-7-1-2-8-9(5-7)16-11(18)15-8/h1-2,5H,3-4,6,13H2,(H,14,17)(H2,15,16,18). The van der Waals surface area contributed by atoms with Crippen molar-refractivity contribution in [2.75, 3.05) is 11.9 Å². The van der Waals surface area contributed by atoms with Crippen molar-refractivity contribution in [2.45, 2.75) is 12.8 Å². The molecule has 1 aliphatic carbocycles. The number of aromatic amines is 2. The molecule has 0 aliphatic heterocycles. The van der Waals surface area contributed by atoms with Crippen LogP contribution in [0.2, 0.25) is 0 Å². The van der Waals surface area contributed by atoms with Crippen molar-refractivity contribution in [3.05, 3.63) is 28.7 Å². The lowest BCUT2D eigenvalue weighted by molar-refractivity contribution is -0.120. The van der Waals surface area contributed by atoms with Gasteiger partial charge in [-0.3, -0.25) is 4.79 Å². The summed E-state index contributed by atoms with van der Waals surface area (Å²) in [5.74, 6) is -0.0396. The maximum Gasteiger partial charge on any atom is 0.323 e. The summed E-state index contributed by atoms with van der Waals surface area (Å²) in [5, 5.41) is 2.84. The molecule has 0 unspecified atom stereocenters. The van der Waals surface area contributed by atoms with Gasteiger partial charge < -0.3 is 21.0 Å². The molecule has 1 saturated carbocycles. The molecule has 1 aromatic heterocycles. The fraction of sp³-hybridized carbons (Fsp3) is 0.333. The summed E-state index contributed by atoms with van der Waals surface area (Å²) in [7, 11) is 0. The number of benzene rings is 1. The lowest BCUT2D eigenvalue weighted by Crippen LogP contribution is -2.30. The van der Waals surface area contributed by atoms with Gasteiger partial charge in [0.2, 0.25) is 5.91 Å². The van der Waals surface area contributed by atoms with E-state index in [1.165, 1.54) is 0 Å². The van der Waals surface area contributed by atoms with E-state index < -0.39 is 0 Å². The van der Waals surface area contributed by atoms with Gasteiger partial charge in [-0.2, -0.15) is 0 Å². The van der Waals surface area contributed by atoms with Crippen LogP contribution in [0.15, 0.2) is 23.0 Å². The molecule has 18 heavy (non-hydrogen) atoms. The molecule has 1 aliphatic rings. The van der Waals surface area contributed by atoms with Crippen LogP contribution in [0.1, 0.15) is 12.8 Å². The summed E-state index contributed by atoms with van der Waals surface area (Å²) < 4.78 is 0. The summed E-state index contributed by atoms with van der Waals surface area (Å²) in [6.07, 6.45) is 1.69. The van der Waals surface area contributed by atoms with Crippen molar-refractivity contribution in [3.63, 3.8) is 0 Å². The van der Waals surface area contributed by atoms with Crippen LogP contribution in [0, 0.1) is 5.41 Å². The van der Waals surface area contributed by atoms with Crippen molar-refractivity contribution in [1.29, 1.82) is 0 Å². The second kappa shape index (κ2) is 3.71. The Kier molecular flexibility index (Phi) is 2.27. The highest BCUT2D eigenvalue weighted by molar-refractivity contribution is 5.98. The van der Waals surface area contributed by atoms with Gasteiger partial charge in [-0.25, -0.2) is 4.79 Å². The number of carbonyl (C=O) groups excluding carboxylic acids is 1. The fourth-order valence-corrected chi connectivity index (χ4v) is 2.05. The zero-order chi connectivity index (χ0) is 12.8. The molecule has 0 atom stereocenters. The lowest BCUT2D eigenvalue weighted by Gasteiger charge is -2.12. The molecule has 0 saturated heterocycles. The lowest BCUT2D eigenvalue weighted by atomic mass is 10.1. The van der Waals surface area contributed by atoms with E-state index >= 15 is 0 Å². The first-order valence-corrected chi connectivity index (χ1v) is 5.87. The SMILES string of the molecule is NCC1(C(=O)Nc2ccc3[nH]c(=O)[nH]c3c2)CC1. The maximum absolute atomic E-state index is 12.0. The highest BCUT2D eigenvalue weighted by atomic mass is 16.2. The second-order valence-corrected chi connectivity index (χ2v) is 4.78. The number of anilines is 1. The van der Waals surface area contributed by atoms with Crippen LogP contribution in [0.4, 0.5) is 5.69 Å². The average molecular weight is 246 g/mol. The largest absolute Gasteiger partial charge is 0.329 e. The molecular weight excluding hydrogens is 232 g/mol. The Morgan fingerprint density at radius 3 is 2.72 bits per heavy atom. The monoisotopic (exact) mass is 246 g/mol. The third-order valence-electron chi connectivity index (χ3n) is 3.50. The molecule has 5 N–H and O–H groups in total. The predicted molar refractivity (Wildman–Crippen MR) is 68.3 cm³/mol. The number of imidazole rings is 1. The molecule has 3 rings (SSSR count). The zero-order valence-electron chi connectivity index (χ0n) is 9.75. The Balaban J connectivity index is 1.86. The third-order valence-corrected chi connectivity index (χ3v) is 3.50. The second-order valence-electron chi connectivity index (χ2n) is 4.78. The van der Waals surface area contributed by atoms with Crippen LogP contribution in [0.25, 0.3) is 11.0 Å². The van der Waals surface area contributed by atoms with E-state index in [1.54, 1.807) is 18.2 Å². The molecule has 2 aromatic rings. The van der Waals surface area contributed by atoms with Gasteiger partial charge in [0.1, 0.15) is 0 Å². The summed E-state index contributed by atoms with van der Waals surface area (Å²) in [5.41, 5.74) is 7.04. The number of hydrogen-bond acceptors (Lipinski definition) is 3. The number of fused-ring (bicyclic) bond motifs is 1. The molecule has 1 fully saturated rings. The number of rotatable bonds is 3. The molecular formula is C12H14N4O2. The fourth-order valence-electron chi connectivity index (χ4n) is 2.05. The van der Waals surface area contributed by atoms with Gasteiger partial charge in [0.05, 0.1) is 16.4 Å². The molecule has 6 heteroatoms. The van der Waals surface area contributed by atoms with E-state index in [0.717, 1.165) is 18.4 Å². The topological polar surface area (TPSA) is 104 Å². The Labute approximate surface area is 103 Å². The minimum atomic E-state index is -0.374. The average Bonchev–Trinajstić information content (AvgIpc) is 3.06. The van der Waals surface area contributed by atoms with Gasteiger partial charge in [-0.15, -0.1) is 0 Å². The minimum Gasteiger partial charge on any atom is -0.329 e. The van der Waals surface area contributed by atoms with Gasteiger partial charge in [-0.05, 0) is 31.0 Å². The van der Waals surface area contributed by atoms with Crippen molar-refractivity contribution in [2.24, 2.45) is 11.1 Å². The van der Waals surface area contributed by atoms with Crippen molar-refractivity contribution >= 4 is 22.6 Å². The first-order chi connectivity index (χ1) is 8.63. The quantitative estimate of drug-likeness (QED) is 0.635. The number of nitrogens with two attached hydrogens (primary N) is 1. The van der Waals surface area contributed by atoms with E-state index in [9.17, 15) is 9.59 Å². The predicted octanol–water partition coefficient (Wildman–Crippen LogP) is 0.534. The normalized spacial score (nSPS) is 16.7. The molecule has 0 spiro atoms. The Hall–Kier alpha value is -2.08. The molecule has 1 amide bonds. The molecule has 1 heterocycles. The zero-order valence-corrected chi connectivity index (χ0v) is 9.75. The van der Waals surface area contributed by atoms with Gasteiger partial charge in [-0.1, -0.05) is 0 Å². The maximum atomic E-state index is 12.0. The van der Waals surface area contributed by atoms with Gasteiger partial charge in [0, 0.05) is 12.2 Å². The number of hydrogen-bond donors (Lipinski definition) is 4. The van der Waals surface area contributed by atoms with Crippen LogP contribution in [0.3, 0.4) is 0 Å². The number of carbonyl (C=O) groups is 1. The summed E-state index contributed by atoms with van der Waals surface area (Å²) >= 11 is 0. The van der Waals surface area contributed by atoms with Crippen LogP contribution in [-0.4, -0.2) is 22.4 Å². The number of nitrogens with one attached hydrogen (secondary N) is 3. The molecule has 1 aromatic carbocycles. The van der Waals surface area contributed by atoms with Gasteiger partial charge >= 0.3 is 5.69 Å². The number of aromatic nitrogens is 2. The highest BCUT2D eigenvalue weighted by Gasteiger charge is 2.48. The van der Waals surface area contributed by atoms with E-state index in [-0.39, 0.29) is 17.0 Å². The van der Waals surface area contributed by atoms with Crippen LogP contribution < -0.4 is 16.7 Å². The highest BCUT2D eigenvalue weighted by Crippen LogP contribution is 2.45. The molecule has 0 radical (unpaired) electrons. The van der Waals surface area contributed by atoms with Crippen LogP contribution >= 0.6 is 0 Å². The number of H-pyrrole nitrogens is 2. The van der Waals surface area contributed by atoms with E-state index in [1.807, 2.05) is 0 Å². The smallest absolute Gasteiger partial charge is 0.323 e. The van der Waals surface area contributed by atoms with Crippen molar-refractivity contribution in [1.82, 2.24) is 9.97 Å². The van der Waals surface area contributed by atoms with E-state index in [0.29, 0.717) is 17.7 Å². The van der Waals surface area contributed by atoms with Crippen molar-refractivity contribution in [3.8, 4) is 0 Å². The molecule has 0 bridgehead atoms. The first kappa shape index (κ1) is 11.0. The van der Waals surface area contributed by atoms with E-state index in [4.69, 9.17) is 5.73 Å². The van der Waals surface area contributed by atoms with E-state index in [2.05, 4.69) is 15.3 Å². The molecule has 6 nitrogen and oxygen atoms in total. The Bertz CT molecular complexity index is 666. The Morgan fingerprint density at radius 2 is 2.06 bits per heavy atom. The van der Waals surface area contributed by atoms with Crippen molar-refractivity contribution < 1.29 is 4.79 Å². The minimum absolute atomic E-state index is 0.0396. The summed E-state index contributed by atoms with van der Waals surface area (Å²) in [6, 6.07) is 5.25. The summed E-state index contributed by atoms with van der Waals surface area (Å²) in [4.78, 5) is 28.4. The number of amides is 1.